The number of aromatic nitrogens is 2. The number of benzene rings is 1. The second-order valence-electron chi connectivity index (χ2n) is 5.23. The molecule has 1 aromatic heterocycles. The van der Waals surface area contributed by atoms with E-state index in [2.05, 4.69) is 5.10 Å². The zero-order valence-corrected chi connectivity index (χ0v) is 12.9. The van der Waals surface area contributed by atoms with E-state index in [4.69, 9.17) is 5.73 Å². The number of rotatable bonds is 2. The smallest absolute Gasteiger partial charge is 0.269 e. The number of hydrogen-bond acceptors (Lipinski definition) is 4. The molecular weight excluding hydrogens is 288 g/mol. The molecular formula is C14H18N4O2S. The van der Waals surface area contributed by atoms with Crippen LogP contribution in [-0.2, 0) is 23.5 Å². The highest BCUT2D eigenvalue weighted by Gasteiger charge is 2.33. The van der Waals surface area contributed by atoms with E-state index < -0.39 is 10.0 Å². The third-order valence-electron chi connectivity index (χ3n) is 3.92. The third kappa shape index (κ3) is 2.08. The quantitative estimate of drug-likeness (QED) is 0.910. The van der Waals surface area contributed by atoms with Crippen molar-refractivity contribution < 1.29 is 8.42 Å². The van der Waals surface area contributed by atoms with Gasteiger partial charge in [-0.3, -0.25) is 8.99 Å². The lowest BCUT2D eigenvalue weighted by atomic mass is 10.0. The summed E-state index contributed by atoms with van der Waals surface area (Å²) in [5, 5.41) is 4.02. The van der Waals surface area contributed by atoms with Crippen molar-refractivity contribution in [2.75, 3.05) is 16.6 Å². The molecule has 0 unspecified atom stereocenters. The highest BCUT2D eigenvalue weighted by Crippen LogP contribution is 2.34. The average molecular weight is 306 g/mol. The minimum Gasteiger partial charge on any atom is -0.381 e. The number of sulfonamides is 1. The van der Waals surface area contributed by atoms with Gasteiger partial charge in [0.1, 0.15) is 0 Å². The van der Waals surface area contributed by atoms with Crippen molar-refractivity contribution in [1.82, 2.24) is 9.78 Å². The van der Waals surface area contributed by atoms with Crippen LogP contribution in [0, 0.1) is 6.92 Å². The molecule has 1 aliphatic heterocycles. The summed E-state index contributed by atoms with van der Waals surface area (Å²) >= 11 is 0. The largest absolute Gasteiger partial charge is 0.381 e. The lowest BCUT2D eigenvalue weighted by molar-refractivity contribution is 0.585. The summed E-state index contributed by atoms with van der Waals surface area (Å²) < 4.78 is 28.9. The van der Waals surface area contributed by atoms with Crippen LogP contribution in [-0.4, -0.2) is 24.7 Å². The number of nitrogen functional groups attached to an aromatic ring is 1. The van der Waals surface area contributed by atoms with E-state index in [-0.39, 0.29) is 10.7 Å². The lowest BCUT2D eigenvalue weighted by Crippen LogP contribution is -2.36. The Labute approximate surface area is 124 Å². The number of fused-ring (bicyclic) bond motifs is 1. The van der Waals surface area contributed by atoms with Gasteiger partial charge in [0.05, 0.1) is 11.4 Å². The molecule has 0 saturated heterocycles. The van der Waals surface area contributed by atoms with Gasteiger partial charge in [-0.2, -0.15) is 5.10 Å². The molecule has 0 spiro atoms. The first kappa shape index (κ1) is 13.9. The van der Waals surface area contributed by atoms with Crippen molar-refractivity contribution >= 4 is 21.5 Å². The van der Waals surface area contributed by atoms with Gasteiger partial charge in [0.25, 0.3) is 10.0 Å². The Kier molecular flexibility index (Phi) is 3.16. The Morgan fingerprint density at radius 1 is 1.29 bits per heavy atom. The Morgan fingerprint density at radius 2 is 2.00 bits per heavy atom. The predicted octanol–water partition coefficient (Wildman–Crippen LogP) is 1.45. The molecule has 0 radical (unpaired) electrons. The molecule has 1 aromatic carbocycles. The zero-order valence-electron chi connectivity index (χ0n) is 12.1. The fourth-order valence-electron chi connectivity index (χ4n) is 2.79. The third-order valence-corrected chi connectivity index (χ3v) is 5.90. The topological polar surface area (TPSA) is 81.2 Å². The maximum Gasteiger partial charge on any atom is 0.269 e. The van der Waals surface area contributed by atoms with Crippen LogP contribution in [0.2, 0.25) is 0 Å². The van der Waals surface area contributed by atoms with E-state index in [1.54, 1.807) is 14.0 Å². The molecule has 0 aliphatic carbocycles. The second kappa shape index (κ2) is 4.77. The minimum absolute atomic E-state index is 0.0538. The Hall–Kier alpha value is -2.02. The summed E-state index contributed by atoms with van der Waals surface area (Å²) in [5.41, 5.74) is 8.16. The molecule has 2 heterocycles. The van der Waals surface area contributed by atoms with Crippen molar-refractivity contribution in [2.24, 2.45) is 7.05 Å². The van der Waals surface area contributed by atoms with Gasteiger partial charge in [-0.1, -0.05) is 18.2 Å². The highest BCUT2D eigenvalue weighted by atomic mass is 32.2. The van der Waals surface area contributed by atoms with Crippen LogP contribution in [0.4, 0.5) is 11.5 Å². The average Bonchev–Trinajstić information content (AvgIpc) is 2.71. The Bertz CT molecular complexity index is 795. The lowest BCUT2D eigenvalue weighted by Gasteiger charge is -2.30. The van der Waals surface area contributed by atoms with E-state index in [0.717, 1.165) is 24.1 Å². The number of nitrogens with zero attached hydrogens (tertiary/aromatic N) is 3. The van der Waals surface area contributed by atoms with Gasteiger partial charge in [-0.25, -0.2) is 8.42 Å². The van der Waals surface area contributed by atoms with Gasteiger partial charge in [-0.15, -0.1) is 0 Å². The zero-order chi connectivity index (χ0) is 15.2. The molecule has 1 aliphatic rings. The highest BCUT2D eigenvalue weighted by molar-refractivity contribution is 7.93. The summed E-state index contributed by atoms with van der Waals surface area (Å²) in [4.78, 5) is 0.113. The van der Waals surface area contributed by atoms with Crippen LogP contribution in [0.3, 0.4) is 0 Å². The molecule has 7 heteroatoms. The van der Waals surface area contributed by atoms with Gasteiger partial charge in [0, 0.05) is 13.6 Å². The van der Waals surface area contributed by atoms with Gasteiger partial charge in [0.15, 0.2) is 10.7 Å². The first-order valence-corrected chi connectivity index (χ1v) is 8.26. The monoisotopic (exact) mass is 306 g/mol. The normalized spacial score (nSPS) is 15.0. The van der Waals surface area contributed by atoms with Gasteiger partial charge >= 0.3 is 0 Å². The molecule has 2 aromatic rings. The van der Waals surface area contributed by atoms with Crippen LogP contribution >= 0.6 is 0 Å². The number of aryl methyl sites for hydroxylation is 2. The molecule has 0 amide bonds. The summed E-state index contributed by atoms with van der Waals surface area (Å²) in [6.45, 7) is 2.18. The first-order chi connectivity index (χ1) is 9.93. The van der Waals surface area contributed by atoms with Crippen LogP contribution < -0.4 is 10.0 Å². The van der Waals surface area contributed by atoms with Gasteiger partial charge in [-0.05, 0) is 31.4 Å². The summed E-state index contributed by atoms with van der Waals surface area (Å²) in [5.74, 6) is 0.0538. The van der Waals surface area contributed by atoms with E-state index in [9.17, 15) is 8.42 Å². The molecule has 6 nitrogen and oxygen atoms in total. The van der Waals surface area contributed by atoms with E-state index >= 15 is 0 Å². The van der Waals surface area contributed by atoms with Crippen LogP contribution in [0.1, 0.15) is 17.7 Å². The van der Waals surface area contributed by atoms with Crippen molar-refractivity contribution in [3.05, 3.63) is 35.5 Å². The SMILES string of the molecule is Cc1c(S(=O)(=O)N2CCCc3ccccc32)c(N)nn1C. The number of nitrogens with two attached hydrogens (primary N) is 1. The van der Waals surface area contributed by atoms with Gasteiger partial charge in [0.2, 0.25) is 0 Å². The minimum atomic E-state index is -3.69. The van der Waals surface area contributed by atoms with Crippen molar-refractivity contribution in [2.45, 2.75) is 24.7 Å². The molecule has 21 heavy (non-hydrogen) atoms. The fraction of sp³-hybridized carbons (Fsp3) is 0.357. The van der Waals surface area contributed by atoms with Crippen molar-refractivity contribution in [3.63, 3.8) is 0 Å². The summed E-state index contributed by atoms with van der Waals surface area (Å²) in [6.07, 6.45) is 1.69. The maximum absolute atomic E-state index is 13.0. The fourth-order valence-corrected chi connectivity index (χ4v) is 4.63. The van der Waals surface area contributed by atoms with Crippen molar-refractivity contribution in [1.29, 1.82) is 0 Å². The summed E-state index contributed by atoms with van der Waals surface area (Å²) in [6, 6.07) is 7.59. The Morgan fingerprint density at radius 3 is 2.67 bits per heavy atom. The maximum atomic E-state index is 13.0. The van der Waals surface area contributed by atoms with Crippen molar-refractivity contribution in [3.8, 4) is 0 Å². The van der Waals surface area contributed by atoms with Gasteiger partial charge < -0.3 is 5.73 Å². The first-order valence-electron chi connectivity index (χ1n) is 6.82. The molecule has 112 valence electrons. The molecule has 2 N–H and O–H groups in total. The van der Waals surface area contributed by atoms with E-state index in [1.165, 1.54) is 8.99 Å². The number of anilines is 2. The van der Waals surface area contributed by atoms with Crippen LogP contribution in [0.15, 0.2) is 29.2 Å². The second-order valence-corrected chi connectivity index (χ2v) is 7.03. The van der Waals surface area contributed by atoms with Crippen LogP contribution in [0.25, 0.3) is 0 Å². The van der Waals surface area contributed by atoms with Crippen LogP contribution in [0.5, 0.6) is 0 Å². The molecule has 0 fully saturated rings. The Balaban J connectivity index is 2.16. The molecule has 3 rings (SSSR count). The van der Waals surface area contributed by atoms with E-state index in [1.807, 2.05) is 24.3 Å². The number of hydrogen-bond donors (Lipinski definition) is 1. The van der Waals surface area contributed by atoms with E-state index in [0.29, 0.717) is 12.2 Å². The molecule has 0 bridgehead atoms. The predicted molar refractivity (Wildman–Crippen MR) is 81.7 cm³/mol. The standard InChI is InChI=1S/C14H18N4O2S/c1-10-13(14(15)16-17(10)2)21(19,20)18-9-5-7-11-6-3-4-8-12(11)18/h3-4,6,8H,5,7,9H2,1-2H3,(H2,15,16). The molecule has 0 saturated carbocycles. The number of para-hydroxylation sites is 1. The molecule has 0 atom stereocenters. The summed E-state index contributed by atoms with van der Waals surface area (Å²) in [7, 11) is -2.00.